The molecule has 1 saturated heterocycles. The summed E-state index contributed by atoms with van der Waals surface area (Å²) in [5, 5.41) is 20.2. The van der Waals surface area contributed by atoms with Gasteiger partial charge in [-0.2, -0.15) is 0 Å². The van der Waals surface area contributed by atoms with E-state index in [0.29, 0.717) is 26.1 Å². The van der Waals surface area contributed by atoms with Crippen LogP contribution in [0.25, 0.3) is 0 Å². The van der Waals surface area contributed by atoms with Crippen LogP contribution in [-0.2, 0) is 16.1 Å². The summed E-state index contributed by atoms with van der Waals surface area (Å²) >= 11 is 4.99. The second-order valence-electron chi connectivity index (χ2n) is 4.64. The monoisotopic (exact) mass is 347 g/mol. The summed E-state index contributed by atoms with van der Waals surface area (Å²) in [5.74, 6) is -3.63. The van der Waals surface area contributed by atoms with Crippen LogP contribution >= 0.6 is 27.3 Å². The van der Waals surface area contributed by atoms with Crippen molar-refractivity contribution in [3.05, 3.63) is 20.8 Å². The molecule has 0 aliphatic carbocycles. The van der Waals surface area contributed by atoms with Gasteiger partial charge >= 0.3 is 11.9 Å². The third-order valence-corrected chi connectivity index (χ3v) is 5.01. The average Bonchev–Trinajstić information content (AvgIpc) is 2.74. The van der Waals surface area contributed by atoms with Gasteiger partial charge in [0, 0.05) is 27.8 Å². The lowest BCUT2D eigenvalue weighted by atomic mass is 9.85. The van der Waals surface area contributed by atoms with E-state index in [1.54, 1.807) is 11.3 Å². The van der Waals surface area contributed by atoms with Crippen molar-refractivity contribution in [1.82, 2.24) is 4.90 Å². The van der Waals surface area contributed by atoms with E-state index in [1.807, 2.05) is 16.3 Å². The predicted octanol–water partition coefficient (Wildman–Crippen LogP) is 2.12. The summed E-state index contributed by atoms with van der Waals surface area (Å²) in [6.07, 6.45) is 0.388. The Balaban J connectivity index is 2.02. The van der Waals surface area contributed by atoms with Crippen LogP contribution in [0.3, 0.4) is 0 Å². The van der Waals surface area contributed by atoms with Crippen molar-refractivity contribution in [2.24, 2.45) is 11.8 Å². The Kier molecular flexibility index (Phi) is 4.59. The van der Waals surface area contributed by atoms with Gasteiger partial charge in [0.25, 0.3) is 0 Å². The molecule has 2 atom stereocenters. The Morgan fingerprint density at radius 2 is 2.05 bits per heavy atom. The molecule has 2 heterocycles. The SMILES string of the molecule is O=C(O)C1CCN(Cc2cc(Br)cs2)CC1C(=O)O. The first-order valence-corrected chi connectivity index (χ1v) is 7.55. The quantitative estimate of drug-likeness (QED) is 0.872. The molecule has 0 saturated carbocycles. The molecule has 0 radical (unpaired) electrons. The van der Waals surface area contributed by atoms with E-state index in [4.69, 9.17) is 10.2 Å². The molecule has 0 bridgehead atoms. The molecule has 0 aromatic carbocycles. The summed E-state index contributed by atoms with van der Waals surface area (Å²) in [7, 11) is 0. The van der Waals surface area contributed by atoms with Gasteiger partial charge < -0.3 is 10.2 Å². The van der Waals surface area contributed by atoms with Gasteiger partial charge in [-0.3, -0.25) is 14.5 Å². The minimum atomic E-state index is -1.02. The number of rotatable bonds is 4. The second-order valence-corrected chi connectivity index (χ2v) is 6.56. The Hall–Kier alpha value is -0.920. The van der Waals surface area contributed by atoms with Crippen molar-refractivity contribution in [2.75, 3.05) is 13.1 Å². The Morgan fingerprint density at radius 3 is 2.58 bits per heavy atom. The molecule has 19 heavy (non-hydrogen) atoms. The standard InChI is InChI=1S/C12H14BrNO4S/c13-7-3-8(19-6-7)4-14-2-1-9(11(15)16)10(5-14)12(17)18/h3,6,9-10H,1-2,4-5H2,(H,15,16)(H,17,18). The predicted molar refractivity (Wildman–Crippen MR) is 74.2 cm³/mol. The van der Waals surface area contributed by atoms with Gasteiger partial charge in [0.1, 0.15) is 0 Å². The van der Waals surface area contributed by atoms with Crippen LogP contribution in [0, 0.1) is 11.8 Å². The highest BCUT2D eigenvalue weighted by atomic mass is 79.9. The highest BCUT2D eigenvalue weighted by Gasteiger charge is 2.38. The molecule has 1 aliphatic heterocycles. The van der Waals surface area contributed by atoms with Gasteiger partial charge in [0.05, 0.1) is 11.8 Å². The zero-order chi connectivity index (χ0) is 14.0. The molecule has 1 aromatic heterocycles. The first-order valence-electron chi connectivity index (χ1n) is 5.88. The van der Waals surface area contributed by atoms with Gasteiger partial charge in [-0.15, -0.1) is 11.3 Å². The number of nitrogens with zero attached hydrogens (tertiary/aromatic N) is 1. The number of thiophene rings is 1. The summed E-state index contributed by atoms with van der Waals surface area (Å²) in [4.78, 5) is 25.4. The summed E-state index contributed by atoms with van der Waals surface area (Å²) in [6, 6.07) is 2.00. The number of likely N-dealkylation sites (tertiary alicyclic amines) is 1. The van der Waals surface area contributed by atoms with E-state index in [-0.39, 0.29) is 0 Å². The van der Waals surface area contributed by atoms with Crippen LogP contribution < -0.4 is 0 Å². The normalized spacial score (nSPS) is 24.3. The van der Waals surface area contributed by atoms with Gasteiger partial charge in [0.2, 0.25) is 0 Å². The minimum absolute atomic E-state index is 0.293. The van der Waals surface area contributed by atoms with Crippen LogP contribution in [-0.4, -0.2) is 40.1 Å². The fraction of sp³-hybridized carbons (Fsp3) is 0.500. The molecule has 0 spiro atoms. The number of carboxylic acids is 2. The number of aliphatic carboxylic acids is 2. The average molecular weight is 348 g/mol. The third kappa shape index (κ3) is 3.55. The maximum atomic E-state index is 11.2. The van der Waals surface area contributed by atoms with E-state index < -0.39 is 23.8 Å². The number of hydrogen-bond acceptors (Lipinski definition) is 4. The van der Waals surface area contributed by atoms with Crippen LogP contribution in [0.4, 0.5) is 0 Å². The van der Waals surface area contributed by atoms with Crippen molar-refractivity contribution in [3.8, 4) is 0 Å². The van der Waals surface area contributed by atoms with E-state index in [1.165, 1.54) is 0 Å². The summed E-state index contributed by atoms with van der Waals surface area (Å²) < 4.78 is 1.02. The smallest absolute Gasteiger partial charge is 0.308 e. The molecule has 1 fully saturated rings. The Labute approximate surface area is 123 Å². The van der Waals surface area contributed by atoms with E-state index in [0.717, 1.165) is 9.35 Å². The van der Waals surface area contributed by atoms with Crippen LogP contribution in [0.15, 0.2) is 15.9 Å². The fourth-order valence-electron chi connectivity index (χ4n) is 2.37. The fourth-order valence-corrected chi connectivity index (χ4v) is 3.86. The van der Waals surface area contributed by atoms with Crippen molar-refractivity contribution in [2.45, 2.75) is 13.0 Å². The third-order valence-electron chi connectivity index (χ3n) is 3.33. The van der Waals surface area contributed by atoms with Gasteiger partial charge in [-0.1, -0.05) is 0 Å². The minimum Gasteiger partial charge on any atom is -0.481 e. The lowest BCUT2D eigenvalue weighted by molar-refractivity contribution is -0.157. The number of hydrogen-bond donors (Lipinski definition) is 2. The maximum Gasteiger partial charge on any atom is 0.308 e. The molecule has 104 valence electrons. The first kappa shape index (κ1) is 14.5. The van der Waals surface area contributed by atoms with Crippen molar-refractivity contribution < 1.29 is 19.8 Å². The van der Waals surface area contributed by atoms with Gasteiger partial charge in [0.15, 0.2) is 0 Å². The van der Waals surface area contributed by atoms with Gasteiger partial charge in [-0.25, -0.2) is 0 Å². The van der Waals surface area contributed by atoms with Gasteiger partial charge in [-0.05, 0) is 35.0 Å². The van der Waals surface area contributed by atoms with Crippen molar-refractivity contribution in [1.29, 1.82) is 0 Å². The molecule has 1 aromatic rings. The molecular weight excluding hydrogens is 334 g/mol. The molecular formula is C12H14BrNO4S. The van der Waals surface area contributed by atoms with Crippen LogP contribution in [0.1, 0.15) is 11.3 Å². The molecule has 5 nitrogen and oxygen atoms in total. The number of carboxylic acid groups (broad SMARTS) is 2. The molecule has 2 N–H and O–H groups in total. The van der Waals surface area contributed by atoms with E-state index >= 15 is 0 Å². The lowest BCUT2D eigenvalue weighted by Crippen LogP contribution is -2.45. The second kappa shape index (κ2) is 6.02. The van der Waals surface area contributed by atoms with Crippen molar-refractivity contribution >= 4 is 39.2 Å². The number of carbonyl (C=O) groups is 2. The Morgan fingerprint density at radius 1 is 1.37 bits per heavy atom. The van der Waals surface area contributed by atoms with E-state index in [2.05, 4.69) is 15.9 Å². The zero-order valence-electron chi connectivity index (χ0n) is 10.1. The van der Waals surface area contributed by atoms with Crippen LogP contribution in [0.5, 0.6) is 0 Å². The van der Waals surface area contributed by atoms with Crippen molar-refractivity contribution in [3.63, 3.8) is 0 Å². The summed E-state index contributed by atoms with van der Waals surface area (Å²) in [6.45, 7) is 1.59. The highest BCUT2D eigenvalue weighted by molar-refractivity contribution is 9.10. The molecule has 1 aliphatic rings. The Bertz CT molecular complexity index is 490. The lowest BCUT2D eigenvalue weighted by Gasteiger charge is -2.34. The molecule has 7 heteroatoms. The number of halogens is 1. The topological polar surface area (TPSA) is 77.8 Å². The molecule has 0 amide bonds. The van der Waals surface area contributed by atoms with E-state index in [9.17, 15) is 9.59 Å². The maximum absolute atomic E-state index is 11.2. The molecule has 2 unspecified atom stereocenters. The summed E-state index contributed by atoms with van der Waals surface area (Å²) in [5.41, 5.74) is 0. The first-order chi connectivity index (χ1) is 8.97. The molecule has 2 rings (SSSR count). The zero-order valence-corrected chi connectivity index (χ0v) is 12.5. The van der Waals surface area contributed by atoms with Crippen LogP contribution in [0.2, 0.25) is 0 Å². The highest BCUT2D eigenvalue weighted by Crippen LogP contribution is 2.27. The largest absolute Gasteiger partial charge is 0.481 e. The number of piperidine rings is 1.